The highest BCUT2D eigenvalue weighted by Crippen LogP contribution is 2.17. The molecule has 0 saturated carbocycles. The molecule has 0 spiro atoms. The third-order valence-corrected chi connectivity index (χ3v) is 3.28. The van der Waals surface area contributed by atoms with Crippen LogP contribution in [0.2, 0.25) is 0 Å². The Labute approximate surface area is 105 Å². The lowest BCUT2D eigenvalue weighted by Gasteiger charge is -2.24. The van der Waals surface area contributed by atoms with Gasteiger partial charge in [-0.05, 0) is 44.5 Å². The predicted octanol–water partition coefficient (Wildman–Crippen LogP) is 1.84. The molecule has 2 rings (SSSR count). The summed E-state index contributed by atoms with van der Waals surface area (Å²) in [4.78, 5) is 11.8. The fourth-order valence-electron chi connectivity index (χ4n) is 2.12. The number of benzene rings is 1. The van der Waals surface area contributed by atoms with E-state index in [1.807, 2.05) is 6.92 Å². The molecule has 5 heteroatoms. The zero-order valence-corrected chi connectivity index (χ0v) is 10.2. The van der Waals surface area contributed by atoms with Crippen LogP contribution >= 0.6 is 0 Å². The van der Waals surface area contributed by atoms with E-state index < -0.39 is 11.6 Å². The predicted molar refractivity (Wildman–Crippen MR) is 64.3 cm³/mol. The maximum Gasteiger partial charge on any atom is 0.251 e. The topological polar surface area (TPSA) is 41.1 Å². The molecule has 0 radical (unpaired) electrons. The van der Waals surface area contributed by atoms with Gasteiger partial charge in [0.05, 0.1) is 0 Å². The fraction of sp³-hybridized carbons (Fsp3) is 0.462. The molecule has 0 bridgehead atoms. The van der Waals surface area contributed by atoms with Gasteiger partial charge in [0.1, 0.15) is 0 Å². The number of nitrogens with one attached hydrogen (secondary N) is 2. The van der Waals surface area contributed by atoms with Gasteiger partial charge in [-0.3, -0.25) is 4.79 Å². The van der Waals surface area contributed by atoms with Crippen LogP contribution in [0.1, 0.15) is 30.1 Å². The normalized spacial score (nSPS) is 23.1. The molecule has 1 atom stereocenters. The highest BCUT2D eigenvalue weighted by Gasteiger charge is 2.28. The van der Waals surface area contributed by atoms with Crippen molar-refractivity contribution >= 4 is 5.91 Å². The molecule has 1 aromatic carbocycles. The van der Waals surface area contributed by atoms with Gasteiger partial charge in [0, 0.05) is 17.6 Å². The molecule has 3 nitrogen and oxygen atoms in total. The summed E-state index contributed by atoms with van der Waals surface area (Å²) in [6.45, 7) is 3.45. The van der Waals surface area contributed by atoms with Crippen molar-refractivity contribution in [3.8, 4) is 0 Å². The lowest BCUT2D eigenvalue weighted by atomic mass is 10.0. The standard InChI is InChI=1S/C13H16F2N2O/c1-13(5-2-6-17-13)8-16-12(18)9-3-4-10(14)11(15)7-9/h3-4,7,17H,2,5-6,8H2,1H3,(H,16,18). The van der Waals surface area contributed by atoms with E-state index in [1.165, 1.54) is 6.07 Å². The van der Waals surface area contributed by atoms with Crippen LogP contribution in [0, 0.1) is 11.6 Å². The number of carbonyl (C=O) groups is 1. The van der Waals surface area contributed by atoms with E-state index in [4.69, 9.17) is 0 Å². The van der Waals surface area contributed by atoms with Crippen molar-refractivity contribution < 1.29 is 13.6 Å². The first kappa shape index (κ1) is 13.0. The van der Waals surface area contributed by atoms with Crippen molar-refractivity contribution in [2.75, 3.05) is 13.1 Å². The highest BCUT2D eigenvalue weighted by atomic mass is 19.2. The Kier molecular flexibility index (Phi) is 3.61. The summed E-state index contributed by atoms with van der Waals surface area (Å²) in [5.74, 6) is -2.34. The molecule has 1 aromatic rings. The van der Waals surface area contributed by atoms with Crippen molar-refractivity contribution in [3.63, 3.8) is 0 Å². The molecule has 1 aliphatic heterocycles. The van der Waals surface area contributed by atoms with Crippen LogP contribution in [0.4, 0.5) is 8.78 Å². The molecule has 1 aliphatic rings. The molecule has 2 N–H and O–H groups in total. The van der Waals surface area contributed by atoms with Gasteiger partial charge in [0.2, 0.25) is 0 Å². The number of carbonyl (C=O) groups excluding carboxylic acids is 1. The van der Waals surface area contributed by atoms with Gasteiger partial charge in [-0.25, -0.2) is 8.78 Å². The number of halogens is 2. The molecule has 1 unspecified atom stereocenters. The molecule has 0 aliphatic carbocycles. The Morgan fingerprint density at radius 1 is 1.44 bits per heavy atom. The first-order valence-corrected chi connectivity index (χ1v) is 5.98. The number of amides is 1. The zero-order valence-electron chi connectivity index (χ0n) is 10.2. The zero-order chi connectivity index (χ0) is 13.2. The van der Waals surface area contributed by atoms with Gasteiger partial charge < -0.3 is 10.6 Å². The first-order valence-electron chi connectivity index (χ1n) is 5.98. The lowest BCUT2D eigenvalue weighted by Crippen LogP contribution is -2.47. The van der Waals surface area contributed by atoms with Crippen molar-refractivity contribution in [1.29, 1.82) is 0 Å². The number of hydrogen-bond donors (Lipinski definition) is 2. The van der Waals surface area contributed by atoms with E-state index >= 15 is 0 Å². The minimum absolute atomic E-state index is 0.103. The molecule has 1 heterocycles. The summed E-state index contributed by atoms with van der Waals surface area (Å²) in [6.07, 6.45) is 2.07. The molecule has 1 fully saturated rings. The monoisotopic (exact) mass is 254 g/mol. The van der Waals surface area contributed by atoms with Crippen molar-refractivity contribution in [2.24, 2.45) is 0 Å². The SMILES string of the molecule is CC1(CNC(=O)c2ccc(F)c(F)c2)CCCN1. The Bertz CT molecular complexity index is 456. The van der Waals surface area contributed by atoms with E-state index in [-0.39, 0.29) is 17.0 Å². The van der Waals surface area contributed by atoms with Crippen molar-refractivity contribution in [3.05, 3.63) is 35.4 Å². The van der Waals surface area contributed by atoms with Gasteiger partial charge in [0.25, 0.3) is 5.91 Å². The average molecular weight is 254 g/mol. The van der Waals surface area contributed by atoms with E-state index in [1.54, 1.807) is 0 Å². The number of rotatable bonds is 3. The van der Waals surface area contributed by atoms with Crippen LogP contribution in [0.25, 0.3) is 0 Å². The molecule has 0 aromatic heterocycles. The van der Waals surface area contributed by atoms with Crippen LogP contribution in [-0.4, -0.2) is 24.5 Å². The van der Waals surface area contributed by atoms with Crippen LogP contribution in [0.3, 0.4) is 0 Å². The largest absolute Gasteiger partial charge is 0.350 e. The lowest BCUT2D eigenvalue weighted by molar-refractivity contribution is 0.0942. The highest BCUT2D eigenvalue weighted by molar-refractivity contribution is 5.94. The summed E-state index contributed by atoms with van der Waals surface area (Å²) >= 11 is 0. The van der Waals surface area contributed by atoms with Gasteiger partial charge in [0.15, 0.2) is 11.6 Å². The Morgan fingerprint density at radius 3 is 2.83 bits per heavy atom. The maximum absolute atomic E-state index is 13.0. The van der Waals surface area contributed by atoms with E-state index in [0.717, 1.165) is 31.5 Å². The van der Waals surface area contributed by atoms with Crippen LogP contribution in [-0.2, 0) is 0 Å². The summed E-state index contributed by atoms with van der Waals surface area (Å²) in [5, 5.41) is 6.05. The minimum atomic E-state index is -1.01. The quantitative estimate of drug-likeness (QED) is 0.864. The van der Waals surface area contributed by atoms with E-state index in [2.05, 4.69) is 10.6 Å². The molecule has 1 amide bonds. The van der Waals surface area contributed by atoms with Gasteiger partial charge >= 0.3 is 0 Å². The summed E-state index contributed by atoms with van der Waals surface area (Å²) in [6, 6.07) is 3.15. The van der Waals surface area contributed by atoms with Crippen LogP contribution in [0.15, 0.2) is 18.2 Å². The van der Waals surface area contributed by atoms with Gasteiger partial charge in [-0.15, -0.1) is 0 Å². The molecule has 1 saturated heterocycles. The van der Waals surface area contributed by atoms with E-state index in [0.29, 0.717) is 6.54 Å². The molecule has 98 valence electrons. The third-order valence-electron chi connectivity index (χ3n) is 3.28. The molecular weight excluding hydrogens is 238 g/mol. The molecule has 18 heavy (non-hydrogen) atoms. The second-order valence-electron chi connectivity index (χ2n) is 4.90. The Morgan fingerprint density at radius 2 is 2.22 bits per heavy atom. The van der Waals surface area contributed by atoms with Gasteiger partial charge in [-0.1, -0.05) is 0 Å². The third kappa shape index (κ3) is 2.85. The first-order chi connectivity index (χ1) is 8.50. The maximum atomic E-state index is 13.0. The number of hydrogen-bond acceptors (Lipinski definition) is 2. The van der Waals surface area contributed by atoms with Crippen molar-refractivity contribution in [2.45, 2.75) is 25.3 Å². The smallest absolute Gasteiger partial charge is 0.251 e. The summed E-state index contributed by atoms with van der Waals surface area (Å²) in [5.41, 5.74) is 0.0318. The van der Waals surface area contributed by atoms with Gasteiger partial charge in [-0.2, -0.15) is 0 Å². The average Bonchev–Trinajstić information content (AvgIpc) is 2.77. The summed E-state index contributed by atoms with van der Waals surface area (Å²) in [7, 11) is 0. The van der Waals surface area contributed by atoms with Crippen LogP contribution < -0.4 is 10.6 Å². The molecular formula is C13H16F2N2O. The van der Waals surface area contributed by atoms with Crippen LogP contribution in [0.5, 0.6) is 0 Å². The second kappa shape index (κ2) is 5.02. The van der Waals surface area contributed by atoms with E-state index in [9.17, 15) is 13.6 Å². The fourth-order valence-corrected chi connectivity index (χ4v) is 2.12. The van der Waals surface area contributed by atoms with Crippen molar-refractivity contribution in [1.82, 2.24) is 10.6 Å². The Hall–Kier alpha value is -1.49. The minimum Gasteiger partial charge on any atom is -0.350 e. The Balaban J connectivity index is 1.97. The second-order valence-corrected chi connectivity index (χ2v) is 4.90. The summed E-state index contributed by atoms with van der Waals surface area (Å²) < 4.78 is 25.7.